The van der Waals surface area contributed by atoms with Crippen LogP contribution in [0.25, 0.3) is 0 Å². The monoisotopic (exact) mass is 250 g/mol. The first kappa shape index (κ1) is 14.7. The van der Waals surface area contributed by atoms with Crippen LogP contribution in [0, 0.1) is 13.8 Å². The van der Waals surface area contributed by atoms with Gasteiger partial charge in [0.2, 0.25) is 0 Å². The van der Waals surface area contributed by atoms with Crippen molar-refractivity contribution in [1.29, 1.82) is 0 Å². The molecular weight excluding hydrogens is 223 g/mol. The second-order valence-corrected chi connectivity index (χ2v) is 7.37. The van der Waals surface area contributed by atoms with E-state index in [1.54, 1.807) is 10.9 Å². The summed E-state index contributed by atoms with van der Waals surface area (Å²) in [7, 11) is 0.0954. The minimum absolute atomic E-state index is 0.0954. The fourth-order valence-corrected chi connectivity index (χ4v) is 5.18. The molecule has 96 valence electrons. The average Bonchev–Trinajstić information content (AvgIpc) is 2.34. The lowest BCUT2D eigenvalue weighted by Crippen LogP contribution is -2.11. The standard InChI is InChI=1S/C16H27P/c1-5-7-12-17(13-8-6-2)16-11-9-10-14(3)15(16)4/h9-11H,5-8,12-13H2,1-4H3. The highest BCUT2D eigenvalue weighted by Gasteiger charge is 2.12. The number of unbranched alkanes of at least 4 members (excludes halogenated alkanes) is 2. The maximum atomic E-state index is 2.37. The van der Waals surface area contributed by atoms with E-state index in [1.165, 1.54) is 43.6 Å². The van der Waals surface area contributed by atoms with Gasteiger partial charge in [-0.15, -0.1) is 0 Å². The summed E-state index contributed by atoms with van der Waals surface area (Å²) in [5.41, 5.74) is 3.01. The van der Waals surface area contributed by atoms with Gasteiger partial charge in [0.05, 0.1) is 0 Å². The van der Waals surface area contributed by atoms with Crippen molar-refractivity contribution in [2.45, 2.75) is 53.4 Å². The zero-order valence-electron chi connectivity index (χ0n) is 11.9. The van der Waals surface area contributed by atoms with Crippen LogP contribution in [0.15, 0.2) is 18.2 Å². The largest absolute Gasteiger partial charge is 0.0750 e. The van der Waals surface area contributed by atoms with E-state index in [9.17, 15) is 0 Å². The van der Waals surface area contributed by atoms with Gasteiger partial charge in [-0.1, -0.05) is 52.8 Å². The summed E-state index contributed by atoms with van der Waals surface area (Å²) in [6.45, 7) is 9.15. The van der Waals surface area contributed by atoms with Crippen molar-refractivity contribution in [3.05, 3.63) is 29.3 Å². The van der Waals surface area contributed by atoms with Gasteiger partial charge in [-0.25, -0.2) is 0 Å². The molecule has 0 aliphatic carbocycles. The third-order valence-corrected chi connectivity index (χ3v) is 6.36. The maximum Gasteiger partial charge on any atom is -0.0209 e. The first-order valence-corrected chi connectivity index (χ1v) is 8.73. The van der Waals surface area contributed by atoms with Crippen molar-refractivity contribution in [3.63, 3.8) is 0 Å². The molecule has 17 heavy (non-hydrogen) atoms. The minimum atomic E-state index is 0.0954. The number of benzene rings is 1. The van der Waals surface area contributed by atoms with Crippen molar-refractivity contribution in [2.24, 2.45) is 0 Å². The van der Waals surface area contributed by atoms with Crippen LogP contribution in [0.1, 0.15) is 50.7 Å². The van der Waals surface area contributed by atoms with E-state index in [4.69, 9.17) is 0 Å². The van der Waals surface area contributed by atoms with Crippen LogP contribution in [0.4, 0.5) is 0 Å². The highest BCUT2D eigenvalue weighted by Crippen LogP contribution is 2.38. The van der Waals surface area contributed by atoms with Gasteiger partial charge in [-0.2, -0.15) is 0 Å². The Hall–Kier alpha value is -0.350. The SMILES string of the molecule is CCCCP(CCCC)c1cccc(C)c1C. The Morgan fingerprint density at radius 1 is 0.941 bits per heavy atom. The molecule has 0 unspecified atom stereocenters. The molecule has 0 aromatic heterocycles. The Morgan fingerprint density at radius 3 is 2.06 bits per heavy atom. The molecule has 0 N–H and O–H groups in total. The lowest BCUT2D eigenvalue weighted by molar-refractivity contribution is 0.870. The van der Waals surface area contributed by atoms with E-state index in [0.717, 1.165) is 0 Å². The zero-order chi connectivity index (χ0) is 12.7. The Kier molecular flexibility index (Phi) is 6.82. The summed E-state index contributed by atoms with van der Waals surface area (Å²) in [4.78, 5) is 0. The summed E-state index contributed by atoms with van der Waals surface area (Å²) >= 11 is 0. The van der Waals surface area contributed by atoms with Crippen molar-refractivity contribution in [1.82, 2.24) is 0 Å². The molecule has 0 heterocycles. The molecule has 0 bridgehead atoms. The maximum absolute atomic E-state index is 2.37. The van der Waals surface area contributed by atoms with E-state index in [1.807, 2.05) is 0 Å². The third-order valence-electron chi connectivity index (χ3n) is 3.48. The fourth-order valence-electron chi connectivity index (χ4n) is 2.13. The summed E-state index contributed by atoms with van der Waals surface area (Å²) < 4.78 is 0. The molecule has 0 spiro atoms. The Balaban J connectivity index is 2.83. The van der Waals surface area contributed by atoms with Gasteiger partial charge in [0, 0.05) is 0 Å². The van der Waals surface area contributed by atoms with E-state index in [2.05, 4.69) is 45.9 Å². The van der Waals surface area contributed by atoms with Gasteiger partial charge >= 0.3 is 0 Å². The molecule has 0 saturated heterocycles. The molecule has 0 atom stereocenters. The van der Waals surface area contributed by atoms with E-state index >= 15 is 0 Å². The predicted octanol–water partition coefficient (Wildman–Crippen LogP) is 5.01. The molecule has 0 aliphatic heterocycles. The summed E-state index contributed by atoms with van der Waals surface area (Å²) in [5, 5.41) is 1.67. The number of hydrogen-bond donors (Lipinski definition) is 0. The molecule has 0 aliphatic rings. The van der Waals surface area contributed by atoms with Crippen molar-refractivity contribution in [3.8, 4) is 0 Å². The van der Waals surface area contributed by atoms with Crippen molar-refractivity contribution >= 4 is 13.2 Å². The van der Waals surface area contributed by atoms with Crippen LogP contribution < -0.4 is 5.30 Å². The highest BCUT2D eigenvalue weighted by molar-refractivity contribution is 7.65. The van der Waals surface area contributed by atoms with Crippen LogP contribution in [-0.4, -0.2) is 12.3 Å². The van der Waals surface area contributed by atoms with Crippen LogP contribution in [0.5, 0.6) is 0 Å². The quantitative estimate of drug-likeness (QED) is 0.597. The molecule has 1 rings (SSSR count). The van der Waals surface area contributed by atoms with Crippen molar-refractivity contribution < 1.29 is 0 Å². The Morgan fingerprint density at radius 2 is 1.53 bits per heavy atom. The van der Waals surface area contributed by atoms with Gasteiger partial charge in [0.15, 0.2) is 0 Å². The van der Waals surface area contributed by atoms with E-state index in [-0.39, 0.29) is 7.92 Å². The topological polar surface area (TPSA) is 0 Å². The van der Waals surface area contributed by atoms with Gasteiger partial charge in [0.25, 0.3) is 0 Å². The van der Waals surface area contributed by atoms with Crippen LogP contribution >= 0.6 is 7.92 Å². The summed E-state index contributed by atoms with van der Waals surface area (Å²) in [6, 6.07) is 6.86. The van der Waals surface area contributed by atoms with Gasteiger partial charge < -0.3 is 0 Å². The fraction of sp³-hybridized carbons (Fsp3) is 0.625. The van der Waals surface area contributed by atoms with Crippen molar-refractivity contribution in [2.75, 3.05) is 12.3 Å². The Labute approximate surface area is 109 Å². The highest BCUT2D eigenvalue weighted by atomic mass is 31.1. The molecule has 0 fully saturated rings. The number of hydrogen-bond acceptors (Lipinski definition) is 0. The van der Waals surface area contributed by atoms with Gasteiger partial charge in [-0.05, 0) is 55.4 Å². The minimum Gasteiger partial charge on any atom is -0.0750 e. The number of rotatable bonds is 7. The normalized spacial score (nSPS) is 11.1. The summed E-state index contributed by atoms with van der Waals surface area (Å²) in [6.07, 6.45) is 8.30. The first-order valence-electron chi connectivity index (χ1n) is 7.01. The Bertz CT molecular complexity index is 322. The predicted molar refractivity (Wildman–Crippen MR) is 82.0 cm³/mol. The van der Waals surface area contributed by atoms with Gasteiger partial charge in [-0.3, -0.25) is 0 Å². The molecule has 1 aromatic rings. The summed E-state index contributed by atoms with van der Waals surface area (Å²) in [5.74, 6) is 0. The van der Waals surface area contributed by atoms with Crippen LogP contribution in [0.2, 0.25) is 0 Å². The molecule has 1 heteroatoms. The van der Waals surface area contributed by atoms with Gasteiger partial charge in [0.1, 0.15) is 0 Å². The average molecular weight is 250 g/mol. The van der Waals surface area contributed by atoms with E-state index < -0.39 is 0 Å². The van der Waals surface area contributed by atoms with Crippen LogP contribution in [-0.2, 0) is 0 Å². The second-order valence-electron chi connectivity index (χ2n) is 4.91. The first-order chi connectivity index (χ1) is 8.20. The van der Waals surface area contributed by atoms with E-state index in [0.29, 0.717) is 0 Å². The number of aryl methyl sites for hydroxylation is 1. The van der Waals surface area contributed by atoms with Crippen LogP contribution in [0.3, 0.4) is 0 Å². The lowest BCUT2D eigenvalue weighted by Gasteiger charge is -2.21. The molecule has 0 amide bonds. The smallest absolute Gasteiger partial charge is 0.0209 e. The second kappa shape index (κ2) is 7.88. The molecule has 0 nitrogen and oxygen atoms in total. The molecular formula is C16H27P. The lowest BCUT2D eigenvalue weighted by atomic mass is 10.1. The molecule has 0 saturated carbocycles. The molecule has 0 radical (unpaired) electrons. The third kappa shape index (κ3) is 4.43. The molecule has 1 aromatic carbocycles. The zero-order valence-corrected chi connectivity index (χ0v) is 12.8.